The second-order valence-corrected chi connectivity index (χ2v) is 7.21. The first-order valence-electron chi connectivity index (χ1n) is 8.39. The number of benzene rings is 1. The number of nitrogens with zero attached hydrogens (tertiary/aromatic N) is 6. The largest absolute Gasteiger partial charge is 0.340 e. The molecule has 1 atom stereocenters. The van der Waals surface area contributed by atoms with E-state index in [1.165, 1.54) is 34.7 Å². The fraction of sp³-hybridized carbons (Fsp3) is 0.353. The zero-order valence-electron chi connectivity index (χ0n) is 14.0. The Morgan fingerprint density at radius 1 is 1.31 bits per heavy atom. The highest BCUT2D eigenvalue weighted by Gasteiger charge is 2.27. The summed E-state index contributed by atoms with van der Waals surface area (Å²) in [6.07, 6.45) is 4.80. The van der Waals surface area contributed by atoms with Crippen molar-refractivity contribution in [2.45, 2.75) is 25.3 Å². The maximum atomic E-state index is 13.9. The van der Waals surface area contributed by atoms with Crippen molar-refractivity contribution in [1.82, 2.24) is 29.9 Å². The van der Waals surface area contributed by atoms with E-state index >= 15 is 0 Å². The van der Waals surface area contributed by atoms with Gasteiger partial charge in [0.2, 0.25) is 5.91 Å². The summed E-state index contributed by atoms with van der Waals surface area (Å²) in [5, 5.41) is 13.8. The van der Waals surface area contributed by atoms with Gasteiger partial charge in [0.05, 0.1) is 0 Å². The molecule has 0 aliphatic carbocycles. The van der Waals surface area contributed by atoms with E-state index in [-0.39, 0.29) is 24.2 Å². The van der Waals surface area contributed by atoms with Crippen LogP contribution < -0.4 is 0 Å². The molecule has 3 aromatic rings. The summed E-state index contributed by atoms with van der Waals surface area (Å²) >= 11 is 1.40. The molecule has 9 heteroatoms. The summed E-state index contributed by atoms with van der Waals surface area (Å²) in [4.78, 5) is 18.2. The van der Waals surface area contributed by atoms with E-state index in [2.05, 4.69) is 20.3 Å². The summed E-state index contributed by atoms with van der Waals surface area (Å²) < 4.78 is 15.5. The molecule has 0 bridgehead atoms. The van der Waals surface area contributed by atoms with Gasteiger partial charge in [0, 0.05) is 24.6 Å². The van der Waals surface area contributed by atoms with Crippen LogP contribution in [0.3, 0.4) is 0 Å². The van der Waals surface area contributed by atoms with Crippen molar-refractivity contribution in [3.05, 3.63) is 47.7 Å². The normalized spacial score (nSPS) is 17.4. The van der Waals surface area contributed by atoms with Gasteiger partial charge in [0.1, 0.15) is 30.0 Å². The van der Waals surface area contributed by atoms with Crippen molar-refractivity contribution < 1.29 is 9.18 Å². The van der Waals surface area contributed by atoms with E-state index < -0.39 is 0 Å². The fourth-order valence-electron chi connectivity index (χ4n) is 3.10. The number of likely N-dealkylation sites (tertiary alicyclic amines) is 1. The highest BCUT2D eigenvalue weighted by Crippen LogP contribution is 2.33. The smallest absolute Gasteiger partial charge is 0.244 e. The number of aromatic nitrogens is 5. The molecule has 1 aliphatic rings. The van der Waals surface area contributed by atoms with Crippen LogP contribution in [0.4, 0.5) is 4.39 Å². The molecule has 0 radical (unpaired) electrons. The number of rotatable bonds is 4. The number of halogens is 1. The third-order valence-electron chi connectivity index (χ3n) is 4.43. The monoisotopic (exact) mass is 372 g/mol. The van der Waals surface area contributed by atoms with Crippen molar-refractivity contribution in [3.8, 4) is 10.6 Å². The predicted molar refractivity (Wildman–Crippen MR) is 93.9 cm³/mol. The minimum absolute atomic E-state index is 0.0130. The van der Waals surface area contributed by atoms with Gasteiger partial charge < -0.3 is 4.90 Å². The lowest BCUT2D eigenvalue weighted by Crippen LogP contribution is -2.40. The average Bonchev–Trinajstić information content (AvgIpc) is 3.34. The first-order chi connectivity index (χ1) is 12.7. The van der Waals surface area contributed by atoms with E-state index in [0.29, 0.717) is 17.1 Å². The third kappa shape index (κ3) is 3.48. The predicted octanol–water partition coefficient (Wildman–Crippen LogP) is 2.34. The lowest BCUT2D eigenvalue weighted by molar-refractivity contribution is -0.133. The van der Waals surface area contributed by atoms with Gasteiger partial charge >= 0.3 is 0 Å². The molecule has 3 heterocycles. The molecule has 134 valence electrons. The second kappa shape index (κ2) is 7.28. The van der Waals surface area contributed by atoms with E-state index in [1.54, 1.807) is 18.2 Å². The van der Waals surface area contributed by atoms with Gasteiger partial charge in [-0.15, -0.1) is 10.2 Å². The van der Waals surface area contributed by atoms with Crippen LogP contribution in [0.2, 0.25) is 0 Å². The van der Waals surface area contributed by atoms with Crippen molar-refractivity contribution in [3.63, 3.8) is 0 Å². The molecule has 26 heavy (non-hydrogen) atoms. The molecule has 0 N–H and O–H groups in total. The Labute approximate surface area is 153 Å². The van der Waals surface area contributed by atoms with Crippen LogP contribution in [0.15, 0.2) is 36.9 Å². The molecule has 1 aromatic carbocycles. The van der Waals surface area contributed by atoms with Crippen LogP contribution in [0.5, 0.6) is 0 Å². The molecule has 4 rings (SSSR count). The van der Waals surface area contributed by atoms with Gasteiger partial charge in [-0.05, 0) is 25.0 Å². The zero-order chi connectivity index (χ0) is 17.9. The molecule has 2 aromatic heterocycles. The molecule has 1 fully saturated rings. The molecular formula is C17H17FN6OS. The van der Waals surface area contributed by atoms with E-state index in [9.17, 15) is 9.18 Å². The van der Waals surface area contributed by atoms with Gasteiger partial charge in [-0.3, -0.25) is 4.79 Å². The van der Waals surface area contributed by atoms with Gasteiger partial charge in [0.15, 0.2) is 5.01 Å². The molecule has 0 spiro atoms. The number of carbonyl (C=O) groups excluding carboxylic acids is 1. The lowest BCUT2D eigenvalue weighted by atomic mass is 9.99. The highest BCUT2D eigenvalue weighted by molar-refractivity contribution is 7.14. The summed E-state index contributed by atoms with van der Waals surface area (Å²) in [5.41, 5.74) is 0.464. The molecule has 1 unspecified atom stereocenters. The van der Waals surface area contributed by atoms with Gasteiger partial charge in [-0.2, -0.15) is 5.10 Å². The number of piperidine rings is 1. The average molecular weight is 372 g/mol. The van der Waals surface area contributed by atoms with Crippen LogP contribution >= 0.6 is 11.3 Å². The maximum absolute atomic E-state index is 13.9. The van der Waals surface area contributed by atoms with Crippen LogP contribution in [-0.4, -0.2) is 48.9 Å². The van der Waals surface area contributed by atoms with Crippen LogP contribution in [-0.2, 0) is 11.3 Å². The Hall–Kier alpha value is -2.68. The Morgan fingerprint density at radius 3 is 3.00 bits per heavy atom. The minimum Gasteiger partial charge on any atom is -0.340 e. The van der Waals surface area contributed by atoms with Crippen LogP contribution in [0.1, 0.15) is 23.8 Å². The van der Waals surface area contributed by atoms with E-state index in [0.717, 1.165) is 24.4 Å². The van der Waals surface area contributed by atoms with Gasteiger partial charge in [-0.25, -0.2) is 14.1 Å². The van der Waals surface area contributed by atoms with E-state index in [1.807, 2.05) is 4.90 Å². The highest BCUT2D eigenvalue weighted by atomic mass is 32.1. The number of hydrogen-bond donors (Lipinski definition) is 0. The quantitative estimate of drug-likeness (QED) is 0.703. The Bertz CT molecular complexity index is 896. The summed E-state index contributed by atoms with van der Waals surface area (Å²) in [7, 11) is 0. The summed E-state index contributed by atoms with van der Waals surface area (Å²) in [6, 6.07) is 6.56. The van der Waals surface area contributed by atoms with Crippen molar-refractivity contribution in [2.24, 2.45) is 0 Å². The Morgan fingerprint density at radius 2 is 2.19 bits per heavy atom. The maximum Gasteiger partial charge on any atom is 0.244 e. The fourth-order valence-corrected chi connectivity index (χ4v) is 4.10. The first-order valence-corrected chi connectivity index (χ1v) is 9.21. The number of amides is 1. The van der Waals surface area contributed by atoms with Gasteiger partial charge in [0.25, 0.3) is 0 Å². The molecule has 1 amide bonds. The molecule has 0 saturated carbocycles. The first kappa shape index (κ1) is 16.8. The van der Waals surface area contributed by atoms with Crippen molar-refractivity contribution >= 4 is 17.2 Å². The topological polar surface area (TPSA) is 76.8 Å². The van der Waals surface area contributed by atoms with E-state index in [4.69, 9.17) is 0 Å². The Balaban J connectivity index is 1.46. The zero-order valence-corrected chi connectivity index (χ0v) is 14.8. The molecule has 1 aliphatic heterocycles. The van der Waals surface area contributed by atoms with Crippen molar-refractivity contribution in [1.29, 1.82) is 0 Å². The second-order valence-electron chi connectivity index (χ2n) is 6.20. The lowest BCUT2D eigenvalue weighted by Gasteiger charge is -2.31. The molecule has 7 nitrogen and oxygen atoms in total. The summed E-state index contributed by atoms with van der Waals surface area (Å²) in [5.74, 6) is -0.163. The third-order valence-corrected chi connectivity index (χ3v) is 5.55. The van der Waals surface area contributed by atoms with Gasteiger partial charge in [-0.1, -0.05) is 23.5 Å². The van der Waals surface area contributed by atoms with Crippen LogP contribution in [0.25, 0.3) is 10.6 Å². The SMILES string of the molecule is O=C(Cn1cncn1)N1CCCC(c2nnc(-c3ccccc3F)s2)C1. The summed E-state index contributed by atoms with van der Waals surface area (Å²) in [6.45, 7) is 1.51. The van der Waals surface area contributed by atoms with Crippen molar-refractivity contribution in [2.75, 3.05) is 13.1 Å². The number of carbonyl (C=O) groups is 1. The standard InChI is InChI=1S/C17H17FN6OS/c18-14-6-2-1-5-13(14)17-22-21-16(26-17)12-4-3-7-23(8-12)15(25)9-24-11-19-10-20-24/h1-2,5-6,10-12H,3-4,7-9H2. The Kier molecular flexibility index (Phi) is 4.70. The minimum atomic E-state index is -0.302. The molecule has 1 saturated heterocycles. The van der Waals surface area contributed by atoms with Crippen LogP contribution in [0, 0.1) is 5.82 Å². The number of hydrogen-bond acceptors (Lipinski definition) is 6. The molecular weight excluding hydrogens is 355 g/mol.